The van der Waals surface area contributed by atoms with Crippen LogP contribution in [0.1, 0.15) is 24.8 Å². The van der Waals surface area contributed by atoms with Gasteiger partial charge in [0, 0.05) is 26.2 Å². The van der Waals surface area contributed by atoms with Crippen molar-refractivity contribution in [3.05, 3.63) is 23.8 Å². The summed E-state index contributed by atoms with van der Waals surface area (Å²) in [6, 6.07) is 5.81. The Morgan fingerprint density at radius 1 is 1.30 bits per heavy atom. The first-order chi connectivity index (χ1) is 9.79. The molecule has 2 aliphatic rings. The van der Waals surface area contributed by atoms with Crippen LogP contribution in [0.2, 0.25) is 0 Å². The number of hydrogen-bond donors (Lipinski definition) is 1. The van der Waals surface area contributed by atoms with E-state index in [9.17, 15) is 4.79 Å². The van der Waals surface area contributed by atoms with Gasteiger partial charge in [-0.15, -0.1) is 0 Å². The summed E-state index contributed by atoms with van der Waals surface area (Å²) in [5, 5.41) is 3.27. The van der Waals surface area contributed by atoms with E-state index in [0.29, 0.717) is 0 Å². The molecule has 108 valence electrons. The summed E-state index contributed by atoms with van der Waals surface area (Å²) >= 11 is 0. The Hall–Kier alpha value is -1.75. The molecule has 2 aliphatic heterocycles. The van der Waals surface area contributed by atoms with Crippen LogP contribution in [-0.4, -0.2) is 43.8 Å². The van der Waals surface area contributed by atoms with Crippen molar-refractivity contribution in [3.8, 4) is 11.5 Å². The summed E-state index contributed by atoms with van der Waals surface area (Å²) in [6.45, 7) is 5.66. The average Bonchev–Trinajstić information content (AvgIpc) is 2.96. The molecule has 1 saturated heterocycles. The maximum Gasteiger partial charge on any atom is 0.231 e. The molecule has 0 radical (unpaired) electrons. The third-order valence-corrected chi connectivity index (χ3v) is 3.93. The third kappa shape index (κ3) is 2.45. The number of rotatable bonds is 3. The first kappa shape index (κ1) is 13.2. The van der Waals surface area contributed by atoms with Crippen molar-refractivity contribution < 1.29 is 14.3 Å². The molecule has 20 heavy (non-hydrogen) atoms. The first-order valence-corrected chi connectivity index (χ1v) is 7.18. The molecule has 0 saturated carbocycles. The highest BCUT2D eigenvalue weighted by molar-refractivity contribution is 5.84. The third-order valence-electron chi connectivity index (χ3n) is 3.93. The number of nitrogens with zero attached hydrogens (tertiary/aromatic N) is 1. The van der Waals surface area contributed by atoms with E-state index in [0.717, 1.165) is 49.7 Å². The van der Waals surface area contributed by atoms with Gasteiger partial charge in [0.1, 0.15) is 0 Å². The van der Waals surface area contributed by atoms with Crippen molar-refractivity contribution in [2.45, 2.75) is 19.3 Å². The number of nitrogens with one attached hydrogen (secondary N) is 1. The Kier molecular flexibility index (Phi) is 3.78. The smallest absolute Gasteiger partial charge is 0.231 e. The second-order valence-electron chi connectivity index (χ2n) is 5.15. The van der Waals surface area contributed by atoms with E-state index in [1.807, 2.05) is 23.1 Å². The molecule has 0 bridgehead atoms. The molecule has 3 rings (SSSR count). The molecule has 1 aromatic carbocycles. The van der Waals surface area contributed by atoms with Crippen molar-refractivity contribution in [1.29, 1.82) is 0 Å². The molecule has 1 aromatic rings. The van der Waals surface area contributed by atoms with E-state index in [4.69, 9.17) is 9.47 Å². The van der Waals surface area contributed by atoms with Gasteiger partial charge in [-0.1, -0.05) is 13.0 Å². The maximum absolute atomic E-state index is 12.7. The fraction of sp³-hybridized carbons (Fsp3) is 0.533. The second kappa shape index (κ2) is 5.71. The van der Waals surface area contributed by atoms with Crippen molar-refractivity contribution in [3.63, 3.8) is 0 Å². The molecule has 0 aromatic heterocycles. The monoisotopic (exact) mass is 276 g/mol. The Labute approximate surface area is 118 Å². The molecule has 1 fully saturated rings. The molecular formula is C15H20N2O3. The number of hydrogen-bond acceptors (Lipinski definition) is 4. The topological polar surface area (TPSA) is 50.8 Å². The minimum Gasteiger partial charge on any atom is -0.454 e. The van der Waals surface area contributed by atoms with E-state index >= 15 is 0 Å². The molecule has 1 amide bonds. The van der Waals surface area contributed by atoms with Crippen LogP contribution in [0.15, 0.2) is 18.2 Å². The van der Waals surface area contributed by atoms with Crippen LogP contribution in [0, 0.1) is 0 Å². The predicted molar refractivity (Wildman–Crippen MR) is 75.0 cm³/mol. The van der Waals surface area contributed by atoms with Gasteiger partial charge in [0.25, 0.3) is 0 Å². The summed E-state index contributed by atoms with van der Waals surface area (Å²) in [6.07, 6.45) is 0.794. The standard InChI is InChI=1S/C15H20N2O3/c1-2-12(15(18)17-7-5-16-6-8-17)11-3-4-13-14(9-11)20-10-19-13/h3-4,9,12,16H,2,5-8,10H2,1H3. The Morgan fingerprint density at radius 3 is 2.80 bits per heavy atom. The van der Waals surface area contributed by atoms with Crippen LogP contribution in [0.25, 0.3) is 0 Å². The van der Waals surface area contributed by atoms with E-state index in [2.05, 4.69) is 12.2 Å². The van der Waals surface area contributed by atoms with Crippen molar-refractivity contribution in [1.82, 2.24) is 10.2 Å². The highest BCUT2D eigenvalue weighted by Gasteiger charge is 2.27. The van der Waals surface area contributed by atoms with Gasteiger partial charge in [-0.2, -0.15) is 0 Å². The highest BCUT2D eigenvalue weighted by Crippen LogP contribution is 2.35. The predicted octanol–water partition coefficient (Wildman–Crippen LogP) is 1.34. The summed E-state index contributed by atoms with van der Waals surface area (Å²) in [5.74, 6) is 1.63. The minimum absolute atomic E-state index is 0.0948. The van der Waals surface area contributed by atoms with Crippen LogP contribution in [0.4, 0.5) is 0 Å². The average molecular weight is 276 g/mol. The fourth-order valence-corrected chi connectivity index (χ4v) is 2.79. The first-order valence-electron chi connectivity index (χ1n) is 7.18. The Morgan fingerprint density at radius 2 is 2.05 bits per heavy atom. The van der Waals surface area contributed by atoms with E-state index < -0.39 is 0 Å². The van der Waals surface area contributed by atoms with Crippen LogP contribution < -0.4 is 14.8 Å². The van der Waals surface area contributed by atoms with Gasteiger partial charge in [0.05, 0.1) is 5.92 Å². The highest BCUT2D eigenvalue weighted by atomic mass is 16.7. The normalized spacial score (nSPS) is 18.9. The fourth-order valence-electron chi connectivity index (χ4n) is 2.79. The number of carbonyl (C=O) groups is 1. The summed E-state index contributed by atoms with van der Waals surface area (Å²) in [5.41, 5.74) is 1.01. The molecule has 2 heterocycles. The van der Waals surface area contributed by atoms with Gasteiger partial charge in [-0.25, -0.2) is 0 Å². The van der Waals surface area contributed by atoms with Crippen LogP contribution in [0.5, 0.6) is 11.5 Å². The number of amides is 1. The molecule has 5 heteroatoms. The Bertz CT molecular complexity index is 498. The van der Waals surface area contributed by atoms with Gasteiger partial charge in [-0.05, 0) is 24.1 Å². The maximum atomic E-state index is 12.7. The zero-order chi connectivity index (χ0) is 13.9. The van der Waals surface area contributed by atoms with E-state index in [-0.39, 0.29) is 18.6 Å². The van der Waals surface area contributed by atoms with Gasteiger partial charge in [-0.3, -0.25) is 4.79 Å². The van der Waals surface area contributed by atoms with Crippen molar-refractivity contribution in [2.24, 2.45) is 0 Å². The van der Waals surface area contributed by atoms with Gasteiger partial charge in [0.15, 0.2) is 11.5 Å². The van der Waals surface area contributed by atoms with Gasteiger partial charge >= 0.3 is 0 Å². The molecular weight excluding hydrogens is 256 g/mol. The lowest BCUT2D eigenvalue weighted by Gasteiger charge is -2.30. The molecule has 1 atom stereocenters. The second-order valence-corrected chi connectivity index (χ2v) is 5.15. The summed E-state index contributed by atoms with van der Waals surface area (Å²) in [7, 11) is 0. The van der Waals surface area contributed by atoms with Crippen LogP contribution in [0.3, 0.4) is 0 Å². The molecule has 1 N–H and O–H groups in total. The zero-order valence-electron chi connectivity index (χ0n) is 11.7. The molecule has 0 aliphatic carbocycles. The molecule has 5 nitrogen and oxygen atoms in total. The number of benzene rings is 1. The number of ether oxygens (including phenoxy) is 2. The molecule has 1 unspecified atom stereocenters. The minimum atomic E-state index is -0.0948. The lowest BCUT2D eigenvalue weighted by molar-refractivity contribution is -0.133. The van der Waals surface area contributed by atoms with Crippen molar-refractivity contribution in [2.75, 3.05) is 33.0 Å². The molecule has 0 spiro atoms. The zero-order valence-corrected chi connectivity index (χ0v) is 11.7. The van der Waals surface area contributed by atoms with Crippen molar-refractivity contribution >= 4 is 5.91 Å². The van der Waals surface area contributed by atoms with Crippen LogP contribution >= 0.6 is 0 Å². The SMILES string of the molecule is CCC(C(=O)N1CCNCC1)c1ccc2c(c1)OCO2. The van der Waals surface area contributed by atoms with Gasteiger partial charge < -0.3 is 19.7 Å². The Balaban J connectivity index is 1.80. The largest absolute Gasteiger partial charge is 0.454 e. The van der Waals surface area contributed by atoms with Crippen LogP contribution in [-0.2, 0) is 4.79 Å². The number of piperazine rings is 1. The summed E-state index contributed by atoms with van der Waals surface area (Å²) < 4.78 is 10.7. The number of fused-ring (bicyclic) bond motifs is 1. The number of carbonyl (C=O) groups excluding carboxylic acids is 1. The quantitative estimate of drug-likeness (QED) is 0.905. The summed E-state index contributed by atoms with van der Waals surface area (Å²) in [4.78, 5) is 14.6. The van der Waals surface area contributed by atoms with E-state index in [1.165, 1.54) is 0 Å². The van der Waals surface area contributed by atoms with Gasteiger partial charge in [0.2, 0.25) is 12.7 Å². The lowest BCUT2D eigenvalue weighted by atomic mass is 9.94. The van der Waals surface area contributed by atoms with E-state index in [1.54, 1.807) is 0 Å². The lowest BCUT2D eigenvalue weighted by Crippen LogP contribution is -2.48.